The third-order valence-electron chi connectivity index (χ3n) is 4.41. The normalized spacial score (nSPS) is 10.7. The van der Waals surface area contributed by atoms with Crippen molar-refractivity contribution in [1.29, 1.82) is 0 Å². The number of carbonyl (C=O) groups is 1. The van der Waals surface area contributed by atoms with Crippen LogP contribution in [0.15, 0.2) is 69.6 Å². The second kappa shape index (κ2) is 8.65. The lowest BCUT2D eigenvalue weighted by Crippen LogP contribution is -2.14. The van der Waals surface area contributed by atoms with Gasteiger partial charge in [-0.05, 0) is 58.4 Å². The molecule has 0 saturated heterocycles. The number of rotatable bonds is 5. The molecule has 1 heterocycles. The van der Waals surface area contributed by atoms with E-state index in [0.29, 0.717) is 28.6 Å². The number of aromatic nitrogens is 2. The van der Waals surface area contributed by atoms with Crippen LogP contribution in [-0.4, -0.2) is 23.2 Å². The third-order valence-corrected chi connectivity index (χ3v) is 5.10. The first-order chi connectivity index (χ1) is 15.0. The summed E-state index contributed by atoms with van der Waals surface area (Å²) in [5.41, 5.74) is 1.11. The summed E-state index contributed by atoms with van der Waals surface area (Å²) >= 11 is 3.44. The minimum atomic E-state index is -0.960. The van der Waals surface area contributed by atoms with Crippen molar-refractivity contribution in [3.63, 3.8) is 0 Å². The molecule has 4 rings (SSSR count). The van der Waals surface area contributed by atoms with Gasteiger partial charge in [0.15, 0.2) is 0 Å². The molecule has 1 N–H and O–H groups in total. The number of ether oxygens (including phenoxy) is 1. The van der Waals surface area contributed by atoms with E-state index in [-0.39, 0.29) is 17.3 Å². The molecule has 31 heavy (non-hydrogen) atoms. The van der Waals surface area contributed by atoms with Gasteiger partial charge < -0.3 is 14.5 Å². The molecule has 0 fully saturated rings. The van der Waals surface area contributed by atoms with Crippen molar-refractivity contribution in [3.05, 3.63) is 82.3 Å². The van der Waals surface area contributed by atoms with Crippen LogP contribution in [0.1, 0.15) is 10.4 Å². The first-order valence-corrected chi connectivity index (χ1v) is 9.79. The van der Waals surface area contributed by atoms with Gasteiger partial charge in [-0.1, -0.05) is 12.1 Å². The van der Waals surface area contributed by atoms with E-state index >= 15 is 0 Å². The third kappa shape index (κ3) is 4.31. The Hall–Kier alpha value is -3.59. The number of hydrogen-bond acceptors (Lipinski definition) is 5. The maximum atomic E-state index is 14.0. The van der Waals surface area contributed by atoms with Crippen molar-refractivity contribution < 1.29 is 22.7 Å². The minimum absolute atomic E-state index is 0.153. The number of halogens is 3. The fourth-order valence-electron chi connectivity index (χ4n) is 2.88. The van der Waals surface area contributed by atoms with Gasteiger partial charge >= 0.3 is 0 Å². The molecule has 1 amide bonds. The summed E-state index contributed by atoms with van der Waals surface area (Å²) in [4.78, 5) is 12.5. The highest BCUT2D eigenvalue weighted by Crippen LogP contribution is 2.34. The first kappa shape index (κ1) is 20.7. The van der Waals surface area contributed by atoms with Gasteiger partial charge in [-0.2, -0.15) is 0 Å². The Morgan fingerprint density at radius 3 is 2.48 bits per heavy atom. The van der Waals surface area contributed by atoms with E-state index in [2.05, 4.69) is 31.4 Å². The van der Waals surface area contributed by atoms with Crippen LogP contribution < -0.4 is 10.1 Å². The monoisotopic (exact) mass is 485 g/mol. The average Bonchev–Trinajstić information content (AvgIpc) is 3.24. The Labute approximate surface area is 184 Å². The average molecular weight is 486 g/mol. The molecule has 9 heteroatoms. The van der Waals surface area contributed by atoms with E-state index < -0.39 is 17.5 Å². The SMILES string of the molecule is COc1ccc(Br)c(-c2nnc(-c3ccccc3NC(=O)c3ccc(F)cc3F)o2)c1. The van der Waals surface area contributed by atoms with Crippen LogP contribution in [0.2, 0.25) is 0 Å². The summed E-state index contributed by atoms with van der Waals surface area (Å²) in [6.45, 7) is 0. The van der Waals surface area contributed by atoms with E-state index in [4.69, 9.17) is 9.15 Å². The van der Waals surface area contributed by atoms with Crippen LogP contribution in [0.25, 0.3) is 22.9 Å². The molecule has 0 radical (unpaired) electrons. The van der Waals surface area contributed by atoms with Crippen molar-refractivity contribution in [1.82, 2.24) is 10.2 Å². The van der Waals surface area contributed by atoms with Crippen LogP contribution in [0, 0.1) is 11.6 Å². The summed E-state index contributed by atoms with van der Waals surface area (Å²) in [7, 11) is 1.55. The second-order valence-electron chi connectivity index (χ2n) is 6.38. The van der Waals surface area contributed by atoms with E-state index in [1.165, 1.54) is 0 Å². The lowest BCUT2D eigenvalue weighted by Gasteiger charge is -2.09. The molecule has 6 nitrogen and oxygen atoms in total. The smallest absolute Gasteiger partial charge is 0.258 e. The number of benzene rings is 3. The van der Waals surface area contributed by atoms with Gasteiger partial charge in [0.2, 0.25) is 11.8 Å². The van der Waals surface area contributed by atoms with Gasteiger partial charge in [0.25, 0.3) is 5.91 Å². The number of carbonyl (C=O) groups excluding carboxylic acids is 1. The number of hydrogen-bond donors (Lipinski definition) is 1. The van der Waals surface area contributed by atoms with Gasteiger partial charge in [0, 0.05) is 10.5 Å². The highest BCUT2D eigenvalue weighted by Gasteiger charge is 2.19. The standard InChI is InChI=1S/C22H14BrF2N3O3/c1-30-13-7-9-17(23)16(11-13)22-28-27-21(31-22)15-4-2-3-5-19(15)26-20(29)14-8-6-12(24)10-18(14)25/h2-11H,1H3,(H,26,29). The molecular formula is C22H14BrF2N3O3. The Bertz CT molecular complexity index is 1280. The summed E-state index contributed by atoms with van der Waals surface area (Å²) in [6, 6.07) is 14.8. The van der Waals surface area contributed by atoms with Crippen molar-refractivity contribution in [2.75, 3.05) is 12.4 Å². The molecule has 0 aliphatic heterocycles. The summed E-state index contributed by atoms with van der Waals surface area (Å²) in [6.07, 6.45) is 0. The summed E-state index contributed by atoms with van der Waals surface area (Å²) < 4.78 is 38.9. The lowest BCUT2D eigenvalue weighted by atomic mass is 10.1. The van der Waals surface area contributed by atoms with Gasteiger partial charge in [0.05, 0.1) is 29.5 Å². The highest BCUT2D eigenvalue weighted by molar-refractivity contribution is 9.10. The molecule has 0 aliphatic carbocycles. The first-order valence-electron chi connectivity index (χ1n) is 8.99. The largest absolute Gasteiger partial charge is 0.497 e. The Morgan fingerprint density at radius 2 is 1.74 bits per heavy atom. The molecule has 0 unspecified atom stereocenters. The van der Waals surface area contributed by atoms with E-state index in [0.717, 1.165) is 16.6 Å². The molecular weight excluding hydrogens is 472 g/mol. The number of methoxy groups -OCH3 is 1. The zero-order chi connectivity index (χ0) is 22.0. The molecule has 0 saturated carbocycles. The number of nitrogens with zero attached hydrogens (tertiary/aromatic N) is 2. The topological polar surface area (TPSA) is 77.3 Å². The van der Waals surface area contributed by atoms with Crippen molar-refractivity contribution >= 4 is 27.5 Å². The molecule has 3 aromatic carbocycles. The fourth-order valence-corrected chi connectivity index (χ4v) is 3.29. The summed E-state index contributed by atoms with van der Waals surface area (Å²) in [5, 5.41) is 10.8. The molecule has 0 bridgehead atoms. The Morgan fingerprint density at radius 1 is 1.00 bits per heavy atom. The van der Waals surface area contributed by atoms with Crippen molar-refractivity contribution in [3.8, 4) is 28.7 Å². The minimum Gasteiger partial charge on any atom is -0.497 e. The number of para-hydroxylation sites is 1. The van der Waals surface area contributed by atoms with Gasteiger partial charge in [-0.25, -0.2) is 8.78 Å². The number of nitrogens with one attached hydrogen (secondary N) is 1. The Kier molecular flexibility index (Phi) is 5.77. The van der Waals surface area contributed by atoms with Gasteiger partial charge in [0.1, 0.15) is 17.4 Å². The van der Waals surface area contributed by atoms with E-state index in [1.807, 2.05) is 0 Å². The lowest BCUT2D eigenvalue weighted by molar-refractivity contribution is 0.102. The predicted molar refractivity (Wildman–Crippen MR) is 114 cm³/mol. The van der Waals surface area contributed by atoms with Crippen LogP contribution >= 0.6 is 15.9 Å². The molecule has 156 valence electrons. The zero-order valence-corrected chi connectivity index (χ0v) is 17.6. The zero-order valence-electron chi connectivity index (χ0n) is 16.0. The van der Waals surface area contributed by atoms with Crippen molar-refractivity contribution in [2.24, 2.45) is 0 Å². The van der Waals surface area contributed by atoms with E-state index in [1.54, 1.807) is 49.6 Å². The van der Waals surface area contributed by atoms with Crippen LogP contribution in [0.4, 0.5) is 14.5 Å². The Balaban J connectivity index is 1.66. The molecule has 4 aromatic rings. The molecule has 0 aliphatic rings. The van der Waals surface area contributed by atoms with Crippen LogP contribution in [0.3, 0.4) is 0 Å². The van der Waals surface area contributed by atoms with Crippen molar-refractivity contribution in [2.45, 2.75) is 0 Å². The summed E-state index contributed by atoms with van der Waals surface area (Å²) in [5.74, 6) is -1.45. The number of anilines is 1. The maximum Gasteiger partial charge on any atom is 0.258 e. The predicted octanol–water partition coefficient (Wildman–Crippen LogP) is 5.71. The van der Waals surface area contributed by atoms with Crippen LogP contribution in [-0.2, 0) is 0 Å². The fraction of sp³-hybridized carbons (Fsp3) is 0.0455. The van der Waals surface area contributed by atoms with E-state index in [9.17, 15) is 13.6 Å². The maximum absolute atomic E-state index is 14.0. The van der Waals surface area contributed by atoms with Crippen LogP contribution in [0.5, 0.6) is 5.75 Å². The van der Waals surface area contributed by atoms with Gasteiger partial charge in [-0.3, -0.25) is 4.79 Å². The van der Waals surface area contributed by atoms with Gasteiger partial charge in [-0.15, -0.1) is 10.2 Å². The molecule has 1 aromatic heterocycles. The highest BCUT2D eigenvalue weighted by atomic mass is 79.9. The molecule has 0 atom stereocenters. The quantitative estimate of drug-likeness (QED) is 0.392. The second-order valence-corrected chi connectivity index (χ2v) is 7.24. The molecule has 0 spiro atoms. The number of amides is 1.